The summed E-state index contributed by atoms with van der Waals surface area (Å²) < 4.78 is 0. The van der Waals surface area contributed by atoms with Gasteiger partial charge in [0.1, 0.15) is 0 Å². The maximum atomic E-state index is 12.4. The molecule has 2 rings (SSSR count). The Morgan fingerprint density at radius 3 is 2.20 bits per heavy atom. The fraction of sp³-hybridized carbons (Fsp3) is 0.857. The first-order valence-electron chi connectivity index (χ1n) is 7.27. The Balaban J connectivity index is 1.88. The van der Waals surface area contributed by atoms with E-state index in [1.165, 1.54) is 0 Å². The fourth-order valence-electron chi connectivity index (χ4n) is 2.94. The third-order valence-electron chi connectivity index (χ3n) is 4.82. The van der Waals surface area contributed by atoms with Crippen LogP contribution >= 0.6 is 0 Å². The van der Waals surface area contributed by atoms with Crippen LogP contribution in [-0.4, -0.2) is 78.1 Å². The molecule has 2 heterocycles. The number of carbonyl (C=O) groups is 2. The van der Waals surface area contributed by atoms with Gasteiger partial charge in [0.05, 0.1) is 5.41 Å². The fourth-order valence-corrected chi connectivity index (χ4v) is 2.94. The molecule has 0 aromatic carbocycles. The number of piperidine rings is 1. The second kappa shape index (κ2) is 5.60. The highest BCUT2D eigenvalue weighted by Crippen LogP contribution is 2.31. The number of carbonyl (C=O) groups excluding carboxylic acids is 1. The predicted molar refractivity (Wildman–Crippen MR) is 75.6 cm³/mol. The first kappa shape index (κ1) is 15.1. The van der Waals surface area contributed by atoms with Crippen molar-refractivity contribution in [2.24, 2.45) is 5.41 Å². The molecule has 1 unspecified atom stereocenters. The summed E-state index contributed by atoms with van der Waals surface area (Å²) in [4.78, 5) is 29.5. The van der Waals surface area contributed by atoms with E-state index in [0.29, 0.717) is 32.0 Å². The summed E-state index contributed by atoms with van der Waals surface area (Å²) in [5, 5.41) is 9.21. The smallest absolute Gasteiger partial charge is 0.320 e. The van der Waals surface area contributed by atoms with Crippen LogP contribution in [0.25, 0.3) is 0 Å². The standard InChI is InChI=1S/C14H25N3O3/c1-14(12(18)19)5-8-16(9-6-14)13(20)17-7-4-11(10-17)15(2)3/h11H,4-10H2,1-3H3,(H,18,19). The minimum atomic E-state index is -0.751. The Kier molecular flexibility index (Phi) is 4.22. The van der Waals surface area contributed by atoms with Crippen LogP contribution in [0.15, 0.2) is 0 Å². The minimum Gasteiger partial charge on any atom is -0.481 e. The molecule has 2 aliphatic heterocycles. The van der Waals surface area contributed by atoms with E-state index in [2.05, 4.69) is 4.90 Å². The van der Waals surface area contributed by atoms with Crippen molar-refractivity contribution in [3.63, 3.8) is 0 Å². The van der Waals surface area contributed by atoms with Gasteiger partial charge in [-0.25, -0.2) is 4.79 Å². The summed E-state index contributed by atoms with van der Waals surface area (Å²) in [6, 6.07) is 0.509. The number of hydrogen-bond acceptors (Lipinski definition) is 3. The first-order chi connectivity index (χ1) is 9.33. The molecule has 6 heteroatoms. The van der Waals surface area contributed by atoms with Crippen molar-refractivity contribution >= 4 is 12.0 Å². The minimum absolute atomic E-state index is 0.0711. The number of likely N-dealkylation sites (tertiary alicyclic amines) is 2. The quantitative estimate of drug-likeness (QED) is 0.819. The number of carboxylic acids is 1. The van der Waals surface area contributed by atoms with Gasteiger partial charge in [-0.15, -0.1) is 0 Å². The van der Waals surface area contributed by atoms with Crippen LogP contribution in [0.5, 0.6) is 0 Å². The van der Waals surface area contributed by atoms with Gasteiger partial charge >= 0.3 is 12.0 Å². The van der Waals surface area contributed by atoms with Gasteiger partial charge in [0, 0.05) is 32.2 Å². The van der Waals surface area contributed by atoms with Crippen LogP contribution in [0.3, 0.4) is 0 Å². The Morgan fingerprint density at radius 1 is 1.15 bits per heavy atom. The van der Waals surface area contributed by atoms with Crippen molar-refractivity contribution < 1.29 is 14.7 Å². The monoisotopic (exact) mass is 283 g/mol. The summed E-state index contributed by atoms with van der Waals surface area (Å²) in [7, 11) is 4.08. The molecule has 2 aliphatic rings. The number of amides is 2. The van der Waals surface area contributed by atoms with Gasteiger partial charge < -0.3 is 19.8 Å². The van der Waals surface area contributed by atoms with Crippen LogP contribution < -0.4 is 0 Å². The lowest BCUT2D eigenvalue weighted by atomic mass is 9.80. The first-order valence-corrected chi connectivity index (χ1v) is 7.27. The average molecular weight is 283 g/mol. The molecule has 0 spiro atoms. The Bertz CT molecular complexity index is 389. The van der Waals surface area contributed by atoms with E-state index in [1.807, 2.05) is 23.9 Å². The van der Waals surface area contributed by atoms with Gasteiger partial charge in [0.2, 0.25) is 0 Å². The summed E-state index contributed by atoms with van der Waals surface area (Å²) in [5.74, 6) is -0.751. The molecule has 0 bridgehead atoms. The van der Waals surface area contributed by atoms with E-state index >= 15 is 0 Å². The van der Waals surface area contributed by atoms with Crippen molar-refractivity contribution in [3.8, 4) is 0 Å². The summed E-state index contributed by atoms with van der Waals surface area (Å²) >= 11 is 0. The maximum Gasteiger partial charge on any atom is 0.320 e. The van der Waals surface area contributed by atoms with Crippen molar-refractivity contribution in [3.05, 3.63) is 0 Å². The largest absolute Gasteiger partial charge is 0.481 e. The van der Waals surface area contributed by atoms with Crippen LogP contribution in [0.4, 0.5) is 4.79 Å². The number of aliphatic carboxylic acids is 1. The van der Waals surface area contributed by atoms with E-state index in [1.54, 1.807) is 6.92 Å². The summed E-state index contributed by atoms with van der Waals surface area (Å²) in [5.41, 5.74) is -0.673. The highest BCUT2D eigenvalue weighted by molar-refractivity contribution is 5.77. The van der Waals surface area contributed by atoms with Gasteiger partial charge in [0.15, 0.2) is 0 Å². The molecule has 1 atom stereocenters. The predicted octanol–water partition coefficient (Wildman–Crippen LogP) is 0.929. The number of urea groups is 1. The van der Waals surface area contributed by atoms with E-state index in [9.17, 15) is 14.7 Å². The molecule has 6 nitrogen and oxygen atoms in total. The molecule has 2 amide bonds. The Morgan fingerprint density at radius 2 is 1.75 bits per heavy atom. The van der Waals surface area contributed by atoms with Gasteiger partial charge in [-0.3, -0.25) is 4.79 Å². The zero-order chi connectivity index (χ0) is 14.9. The molecule has 114 valence electrons. The molecule has 0 radical (unpaired) electrons. The van der Waals surface area contributed by atoms with Gasteiger partial charge in [0.25, 0.3) is 0 Å². The van der Waals surface area contributed by atoms with Gasteiger partial charge in [-0.2, -0.15) is 0 Å². The number of nitrogens with zero attached hydrogens (tertiary/aromatic N) is 3. The van der Waals surface area contributed by atoms with Crippen LogP contribution in [0, 0.1) is 5.41 Å². The molecular formula is C14H25N3O3. The number of rotatable bonds is 2. The molecule has 0 aromatic heterocycles. The van der Waals surface area contributed by atoms with Crippen LogP contribution in [-0.2, 0) is 4.79 Å². The number of hydrogen-bond donors (Lipinski definition) is 1. The third-order valence-corrected chi connectivity index (χ3v) is 4.82. The van der Waals surface area contributed by atoms with Crippen molar-refractivity contribution in [2.75, 3.05) is 40.3 Å². The van der Waals surface area contributed by atoms with E-state index in [-0.39, 0.29) is 6.03 Å². The normalized spacial score (nSPS) is 26.1. The molecule has 20 heavy (non-hydrogen) atoms. The summed E-state index contributed by atoms with van der Waals surface area (Å²) in [6.45, 7) is 4.44. The Hall–Kier alpha value is -1.30. The van der Waals surface area contributed by atoms with Gasteiger partial charge in [-0.05, 0) is 40.3 Å². The zero-order valence-electron chi connectivity index (χ0n) is 12.6. The lowest BCUT2D eigenvalue weighted by Gasteiger charge is -2.38. The maximum absolute atomic E-state index is 12.4. The zero-order valence-corrected chi connectivity index (χ0v) is 12.6. The molecular weight excluding hydrogens is 258 g/mol. The average Bonchev–Trinajstić information content (AvgIpc) is 2.88. The summed E-state index contributed by atoms with van der Waals surface area (Å²) in [6.07, 6.45) is 2.09. The second-order valence-electron chi connectivity index (χ2n) is 6.49. The second-order valence-corrected chi connectivity index (χ2v) is 6.49. The van der Waals surface area contributed by atoms with E-state index in [0.717, 1.165) is 19.5 Å². The molecule has 1 N–H and O–H groups in total. The van der Waals surface area contributed by atoms with Crippen molar-refractivity contribution in [1.29, 1.82) is 0 Å². The number of likely N-dealkylation sites (N-methyl/N-ethyl adjacent to an activating group) is 1. The topological polar surface area (TPSA) is 64.1 Å². The molecule has 0 aromatic rings. The van der Waals surface area contributed by atoms with Crippen molar-refractivity contribution in [1.82, 2.24) is 14.7 Å². The van der Waals surface area contributed by atoms with Gasteiger partial charge in [-0.1, -0.05) is 0 Å². The molecule has 2 saturated heterocycles. The van der Waals surface area contributed by atoms with Crippen LogP contribution in [0.2, 0.25) is 0 Å². The van der Waals surface area contributed by atoms with E-state index in [4.69, 9.17) is 0 Å². The SMILES string of the molecule is CN(C)C1CCN(C(=O)N2CCC(C)(C(=O)O)CC2)C1. The highest BCUT2D eigenvalue weighted by atomic mass is 16.4. The lowest BCUT2D eigenvalue weighted by Crippen LogP contribution is -2.50. The highest BCUT2D eigenvalue weighted by Gasteiger charge is 2.39. The molecule has 0 aliphatic carbocycles. The third kappa shape index (κ3) is 2.90. The van der Waals surface area contributed by atoms with Crippen molar-refractivity contribution in [2.45, 2.75) is 32.2 Å². The van der Waals surface area contributed by atoms with E-state index < -0.39 is 11.4 Å². The molecule has 0 saturated carbocycles. The lowest BCUT2D eigenvalue weighted by molar-refractivity contribution is -0.150. The van der Waals surface area contributed by atoms with Crippen LogP contribution in [0.1, 0.15) is 26.2 Å². The molecule has 2 fully saturated rings. The number of carboxylic acid groups (broad SMARTS) is 1. The Labute approximate surface area is 120 Å².